The third-order valence-electron chi connectivity index (χ3n) is 3.23. The molecule has 1 aromatic heterocycles. The van der Waals surface area contributed by atoms with Crippen molar-refractivity contribution < 1.29 is 14.4 Å². The SMILES string of the molecule is CC(=O)c1c(C)[nH]c(C(=O)N2CCCCO2)c1C. The molecule has 1 saturated heterocycles. The molecule has 0 aromatic carbocycles. The van der Waals surface area contributed by atoms with E-state index in [0.717, 1.165) is 18.5 Å². The van der Waals surface area contributed by atoms with Gasteiger partial charge in [0.1, 0.15) is 5.69 Å². The van der Waals surface area contributed by atoms with E-state index in [2.05, 4.69) is 4.98 Å². The van der Waals surface area contributed by atoms with Crippen molar-refractivity contribution in [1.29, 1.82) is 0 Å². The topological polar surface area (TPSA) is 62.4 Å². The predicted molar refractivity (Wildman–Crippen MR) is 66.5 cm³/mol. The van der Waals surface area contributed by atoms with Crippen molar-refractivity contribution in [2.24, 2.45) is 0 Å². The standard InChI is InChI=1S/C13H18N2O3/c1-8-11(10(3)16)9(2)14-12(8)13(17)15-6-4-5-7-18-15/h14H,4-7H2,1-3H3. The molecule has 0 spiro atoms. The Morgan fingerprint density at radius 1 is 1.28 bits per heavy atom. The second-order valence-corrected chi connectivity index (χ2v) is 4.63. The lowest BCUT2D eigenvalue weighted by Crippen LogP contribution is -2.36. The number of aromatic amines is 1. The van der Waals surface area contributed by atoms with Gasteiger partial charge in [-0.05, 0) is 39.2 Å². The first-order valence-electron chi connectivity index (χ1n) is 6.17. The lowest BCUT2D eigenvalue weighted by atomic mass is 10.1. The van der Waals surface area contributed by atoms with E-state index in [0.29, 0.717) is 30.0 Å². The van der Waals surface area contributed by atoms with Gasteiger partial charge in [-0.1, -0.05) is 0 Å². The van der Waals surface area contributed by atoms with Crippen LogP contribution in [-0.2, 0) is 4.84 Å². The van der Waals surface area contributed by atoms with Crippen LogP contribution in [-0.4, -0.2) is 34.9 Å². The van der Waals surface area contributed by atoms with E-state index < -0.39 is 0 Å². The van der Waals surface area contributed by atoms with E-state index in [4.69, 9.17) is 4.84 Å². The molecule has 5 heteroatoms. The minimum absolute atomic E-state index is 0.0279. The Hall–Kier alpha value is -1.62. The van der Waals surface area contributed by atoms with Crippen LogP contribution < -0.4 is 0 Å². The molecular formula is C13H18N2O3. The van der Waals surface area contributed by atoms with Crippen LogP contribution in [0.5, 0.6) is 0 Å². The van der Waals surface area contributed by atoms with Gasteiger partial charge in [-0.15, -0.1) is 0 Å². The molecule has 18 heavy (non-hydrogen) atoms. The number of rotatable bonds is 2. The number of amides is 1. The summed E-state index contributed by atoms with van der Waals surface area (Å²) in [5, 5.41) is 1.38. The van der Waals surface area contributed by atoms with Crippen LogP contribution in [0.4, 0.5) is 0 Å². The zero-order chi connectivity index (χ0) is 13.3. The third-order valence-corrected chi connectivity index (χ3v) is 3.23. The fraction of sp³-hybridized carbons (Fsp3) is 0.538. The molecular weight excluding hydrogens is 232 g/mol. The maximum atomic E-state index is 12.3. The van der Waals surface area contributed by atoms with Crippen LogP contribution in [0.3, 0.4) is 0 Å². The summed E-state index contributed by atoms with van der Waals surface area (Å²) in [4.78, 5) is 32.1. The van der Waals surface area contributed by atoms with Gasteiger partial charge in [0.15, 0.2) is 5.78 Å². The average molecular weight is 250 g/mol. The summed E-state index contributed by atoms with van der Waals surface area (Å²) in [5.41, 5.74) is 2.51. The molecule has 1 aliphatic heterocycles. The normalized spacial score (nSPS) is 15.8. The van der Waals surface area contributed by atoms with E-state index >= 15 is 0 Å². The Labute approximate surface area is 106 Å². The highest BCUT2D eigenvalue weighted by Crippen LogP contribution is 2.21. The Kier molecular flexibility index (Phi) is 3.52. The molecule has 0 radical (unpaired) electrons. The van der Waals surface area contributed by atoms with Crippen LogP contribution >= 0.6 is 0 Å². The van der Waals surface area contributed by atoms with Gasteiger partial charge in [-0.3, -0.25) is 14.4 Å². The zero-order valence-electron chi connectivity index (χ0n) is 11.0. The molecule has 1 amide bonds. The number of carbonyl (C=O) groups excluding carboxylic acids is 2. The van der Waals surface area contributed by atoms with Gasteiger partial charge in [-0.2, -0.15) is 0 Å². The fourth-order valence-electron chi connectivity index (χ4n) is 2.37. The van der Waals surface area contributed by atoms with Crippen molar-refractivity contribution in [3.8, 4) is 0 Å². The quantitative estimate of drug-likeness (QED) is 0.816. The van der Waals surface area contributed by atoms with Gasteiger partial charge in [0, 0.05) is 17.8 Å². The highest BCUT2D eigenvalue weighted by atomic mass is 16.7. The summed E-state index contributed by atoms with van der Waals surface area (Å²) < 4.78 is 0. The number of hydrogen-bond donors (Lipinski definition) is 1. The minimum Gasteiger partial charge on any atom is -0.354 e. The molecule has 1 aromatic rings. The molecule has 2 rings (SSSR count). The van der Waals surface area contributed by atoms with Crippen molar-refractivity contribution in [2.75, 3.05) is 13.2 Å². The fourth-order valence-corrected chi connectivity index (χ4v) is 2.37. The third kappa shape index (κ3) is 2.18. The number of nitrogens with one attached hydrogen (secondary N) is 1. The minimum atomic E-state index is -0.192. The number of ketones is 1. The lowest BCUT2D eigenvalue weighted by molar-refractivity contribution is -0.144. The van der Waals surface area contributed by atoms with Crippen LogP contribution in [0.25, 0.3) is 0 Å². The Bertz CT molecular complexity index is 485. The van der Waals surface area contributed by atoms with Gasteiger partial charge >= 0.3 is 0 Å². The summed E-state index contributed by atoms with van der Waals surface area (Å²) in [5.74, 6) is -0.220. The first kappa shape index (κ1) is 12.8. The first-order chi connectivity index (χ1) is 8.52. The highest BCUT2D eigenvalue weighted by Gasteiger charge is 2.25. The predicted octanol–water partition coefficient (Wildman–Crippen LogP) is 2.00. The molecule has 0 aliphatic carbocycles. The van der Waals surface area contributed by atoms with Gasteiger partial charge < -0.3 is 4.98 Å². The molecule has 0 saturated carbocycles. The summed E-state index contributed by atoms with van der Waals surface area (Å²) in [6, 6.07) is 0. The Morgan fingerprint density at radius 3 is 2.50 bits per heavy atom. The van der Waals surface area contributed by atoms with Crippen LogP contribution in [0, 0.1) is 13.8 Å². The van der Waals surface area contributed by atoms with Crippen molar-refractivity contribution in [3.63, 3.8) is 0 Å². The Balaban J connectivity index is 2.30. The van der Waals surface area contributed by atoms with Gasteiger partial charge in [0.25, 0.3) is 5.91 Å². The number of carbonyl (C=O) groups is 2. The number of hydrogen-bond acceptors (Lipinski definition) is 3. The number of Topliss-reactive ketones (excluding diaryl/α,β-unsaturated/α-hetero) is 1. The number of aromatic nitrogens is 1. The molecule has 0 bridgehead atoms. The van der Waals surface area contributed by atoms with Gasteiger partial charge in [0.2, 0.25) is 0 Å². The van der Waals surface area contributed by atoms with Gasteiger partial charge in [0.05, 0.1) is 6.61 Å². The zero-order valence-corrected chi connectivity index (χ0v) is 11.0. The molecule has 0 unspecified atom stereocenters. The molecule has 0 atom stereocenters. The van der Waals surface area contributed by atoms with E-state index in [1.165, 1.54) is 12.0 Å². The van der Waals surface area contributed by atoms with Gasteiger partial charge in [-0.25, -0.2) is 5.06 Å². The second kappa shape index (κ2) is 4.94. The van der Waals surface area contributed by atoms with E-state index in [9.17, 15) is 9.59 Å². The van der Waals surface area contributed by atoms with Crippen molar-refractivity contribution >= 4 is 11.7 Å². The number of nitrogens with zero attached hydrogens (tertiary/aromatic N) is 1. The molecule has 2 heterocycles. The number of hydroxylamine groups is 2. The number of aryl methyl sites for hydroxylation is 1. The maximum Gasteiger partial charge on any atom is 0.294 e. The highest BCUT2D eigenvalue weighted by molar-refractivity contribution is 6.02. The number of H-pyrrole nitrogens is 1. The molecule has 1 aliphatic rings. The summed E-state index contributed by atoms with van der Waals surface area (Å²) in [6.07, 6.45) is 1.93. The van der Waals surface area contributed by atoms with Crippen molar-refractivity contribution in [3.05, 3.63) is 22.5 Å². The molecule has 1 fully saturated rings. The van der Waals surface area contributed by atoms with Crippen molar-refractivity contribution in [2.45, 2.75) is 33.6 Å². The molecule has 5 nitrogen and oxygen atoms in total. The summed E-state index contributed by atoms with van der Waals surface area (Å²) in [7, 11) is 0. The monoisotopic (exact) mass is 250 g/mol. The maximum absolute atomic E-state index is 12.3. The smallest absolute Gasteiger partial charge is 0.294 e. The van der Waals surface area contributed by atoms with E-state index in [-0.39, 0.29) is 11.7 Å². The van der Waals surface area contributed by atoms with Crippen LogP contribution in [0.15, 0.2) is 0 Å². The van der Waals surface area contributed by atoms with E-state index in [1.54, 1.807) is 13.8 Å². The first-order valence-corrected chi connectivity index (χ1v) is 6.17. The summed E-state index contributed by atoms with van der Waals surface area (Å²) in [6.45, 7) is 6.28. The molecule has 1 N–H and O–H groups in total. The van der Waals surface area contributed by atoms with Crippen LogP contribution in [0.2, 0.25) is 0 Å². The average Bonchev–Trinajstić information content (AvgIpc) is 2.65. The van der Waals surface area contributed by atoms with Crippen molar-refractivity contribution in [1.82, 2.24) is 10.0 Å². The van der Waals surface area contributed by atoms with E-state index in [1.807, 2.05) is 0 Å². The van der Waals surface area contributed by atoms with Crippen LogP contribution in [0.1, 0.15) is 51.9 Å². The largest absolute Gasteiger partial charge is 0.354 e. The summed E-state index contributed by atoms with van der Waals surface area (Å²) >= 11 is 0. The second-order valence-electron chi connectivity index (χ2n) is 4.63. The lowest BCUT2D eigenvalue weighted by Gasteiger charge is -2.25. The Morgan fingerprint density at radius 2 is 2.00 bits per heavy atom. The molecule has 98 valence electrons.